The Labute approximate surface area is 643 Å². The molecule has 0 atom stereocenters. The van der Waals surface area contributed by atoms with Gasteiger partial charge in [-0.1, -0.05) is 29.5 Å². The van der Waals surface area contributed by atoms with Gasteiger partial charge >= 0.3 is 5.71 Å². The van der Waals surface area contributed by atoms with Gasteiger partial charge in [0.05, 0.1) is 148 Å². The van der Waals surface area contributed by atoms with Crippen LogP contribution in [0.15, 0.2) is 219 Å². The molecule has 5 aliphatic heterocycles. The third kappa shape index (κ3) is 8.51. The van der Waals surface area contributed by atoms with Crippen molar-refractivity contribution < 1.29 is 51.9 Å². The zero-order valence-electron chi connectivity index (χ0n) is 74.8. The molecule has 0 unspecified atom stereocenters. The topological polar surface area (TPSA) is 201 Å². The highest BCUT2D eigenvalue weighted by Crippen LogP contribution is 2.44. The number of furan rings is 1. The largest absolute Gasteiger partial charge is 0.419 e. The molecule has 25 heterocycles. The van der Waals surface area contributed by atoms with Crippen molar-refractivity contribution in [2.45, 2.75) is 32.7 Å². The van der Waals surface area contributed by atoms with Crippen molar-refractivity contribution in [3.8, 4) is 62.6 Å². The van der Waals surface area contributed by atoms with Crippen molar-refractivity contribution in [1.29, 1.82) is 0 Å². The summed E-state index contributed by atoms with van der Waals surface area (Å²) >= 11 is 1.50. The summed E-state index contributed by atoms with van der Waals surface area (Å²) in [5.41, 5.74) is 19.1. The molecule has 108 heavy (non-hydrogen) atoms. The molecule has 24 nitrogen and oxygen atoms in total. The highest BCUT2D eigenvalue weighted by molar-refractivity contribution is 7.25. The average molecular weight is 1450 g/mol. The fraction of sp³-hybridized carbons (Fsp3) is 0.145. The minimum absolute atomic E-state index is 0.141. The first-order valence-corrected chi connectivity index (χ1v) is 35.2. The van der Waals surface area contributed by atoms with E-state index < -0.39 is 41.9 Å². The lowest BCUT2D eigenvalue weighted by molar-refractivity contribution is -0.640. The Morgan fingerprint density at radius 2 is 0.731 bits per heavy atom. The fourth-order valence-corrected chi connectivity index (χ4v) is 17.9. The lowest BCUT2D eigenvalue weighted by atomic mass is 10.2. The monoisotopic (exact) mass is 1450 g/mol. The van der Waals surface area contributed by atoms with Crippen molar-refractivity contribution in [3.63, 3.8) is 0 Å². The minimum Gasteiger partial charge on any atom is -0.419 e. The average Bonchev–Trinajstić information content (AvgIpc) is 1.53. The number of thiophene rings is 1. The first-order chi connectivity index (χ1) is 60.3. The van der Waals surface area contributed by atoms with Gasteiger partial charge in [0.1, 0.15) is 40.9 Å². The number of hydrogen-bond acceptors (Lipinski definition) is 12. The summed E-state index contributed by atoms with van der Waals surface area (Å²) < 4.78 is 174. The molecule has 0 aliphatic carbocycles. The number of aromatic nitrogens is 23. The van der Waals surface area contributed by atoms with Crippen LogP contribution in [0, 0.1) is 0 Å². The quantitative estimate of drug-likeness (QED) is 0.142. The number of pyridine rings is 10. The second kappa shape index (κ2) is 23.1. The maximum atomic E-state index is 8.35. The van der Waals surface area contributed by atoms with Crippen molar-refractivity contribution >= 4 is 120 Å². The summed E-state index contributed by atoms with van der Waals surface area (Å²) in [4.78, 5) is 42.7. The van der Waals surface area contributed by atoms with Gasteiger partial charge in [-0.15, -0.1) is 0 Å². The van der Waals surface area contributed by atoms with Gasteiger partial charge in [-0.3, -0.25) is 59.0 Å². The number of hydrogen-bond donors (Lipinski definition) is 0. The highest BCUT2D eigenvalue weighted by atomic mass is 32.1. The maximum Gasteiger partial charge on any atom is 0.339 e. The van der Waals surface area contributed by atoms with Crippen LogP contribution in [0.4, 0.5) is 0 Å². The molecule has 0 amide bonds. The third-order valence-electron chi connectivity index (χ3n) is 21.4. The molecule has 21 aromatic rings. The molecule has 0 spiro atoms. The van der Waals surface area contributed by atoms with Crippen LogP contribution in [0.25, 0.3) is 171 Å². The summed E-state index contributed by atoms with van der Waals surface area (Å²) in [6.07, 6.45) is 34.3. The van der Waals surface area contributed by atoms with Gasteiger partial charge in [0.2, 0.25) is 27.8 Å². The van der Waals surface area contributed by atoms with Gasteiger partial charge in [-0.2, -0.15) is 4.57 Å². The molecule has 0 saturated heterocycles. The number of rotatable bonds is 1. The van der Waals surface area contributed by atoms with E-state index >= 15 is 0 Å². The van der Waals surface area contributed by atoms with Gasteiger partial charge in [0.15, 0.2) is 22.1 Å². The van der Waals surface area contributed by atoms with Crippen LogP contribution in [0.2, 0.25) is 0 Å². The molecule has 0 saturated carbocycles. The molecule has 0 fully saturated rings. The number of fused-ring (bicyclic) bond motifs is 35. The number of para-hydroxylation sites is 1. The van der Waals surface area contributed by atoms with Crippen molar-refractivity contribution in [2.24, 2.45) is 48.9 Å². The Balaban J connectivity index is 0.0000000935. The second-order valence-electron chi connectivity index (χ2n) is 26.9. The lowest BCUT2D eigenvalue weighted by Gasteiger charge is -2.03. The van der Waals surface area contributed by atoms with Crippen LogP contribution in [-0.4, -0.2) is 86.4 Å². The predicted molar refractivity (Wildman–Crippen MR) is 411 cm³/mol. The highest BCUT2D eigenvalue weighted by Gasteiger charge is 2.41. The molecule has 25 heteroatoms. The fourth-order valence-electron chi connectivity index (χ4n) is 16.8. The summed E-state index contributed by atoms with van der Waals surface area (Å²) in [5.74, 6) is 3.09. The van der Waals surface area contributed by atoms with E-state index in [0.717, 1.165) is 129 Å². The van der Waals surface area contributed by atoms with E-state index in [1.54, 1.807) is 117 Å². The summed E-state index contributed by atoms with van der Waals surface area (Å²) in [6.45, 7) is -11.4. The molecule has 26 rings (SSSR count). The smallest absolute Gasteiger partial charge is 0.339 e. The first kappa shape index (κ1) is 46.1. The molecule has 0 N–H and O–H groups in total. The van der Waals surface area contributed by atoms with E-state index in [4.69, 9.17) is 29.1 Å². The van der Waals surface area contributed by atoms with Crippen LogP contribution in [0.3, 0.4) is 0 Å². The molecular formula is C83H66N23OS+5. The van der Waals surface area contributed by atoms with Crippen molar-refractivity contribution in [1.82, 2.24) is 86.4 Å². The first-order valence-electron chi connectivity index (χ1n) is 43.4. The molecule has 1 aromatic carbocycles. The molecule has 20 aromatic heterocycles. The second-order valence-corrected chi connectivity index (χ2v) is 27.9. The van der Waals surface area contributed by atoms with Gasteiger partial charge in [-0.25, -0.2) is 45.7 Å². The normalized spacial score (nSPS) is 16.1. The van der Waals surface area contributed by atoms with Gasteiger partial charge in [0.25, 0.3) is 28.6 Å². The van der Waals surface area contributed by atoms with Crippen LogP contribution in [0.5, 0.6) is 0 Å². The number of aryl methyl sites for hydroxylation is 7. The maximum absolute atomic E-state index is 8.35. The molecule has 520 valence electrons. The SMILES string of the molecule is [2H]C([2H])([2H])[n+]1c2n(c3c4cnccc4n(-c4ccccc4)c31)Cc1ccncc1-2.[2H]C([2H])([2H])[n+]1c2n(c3c4cnccc4n(C)c31)Cc1ccncc1-2.[2H]C([2H])([2H])[n+]1c2n(c3c4cnccc4oc31)Cc1ccncc1-2.[2H]C([2H])([2H])[n+]1c2n(c3c4cnccc4sc31)Cc1ccncc1-2.[2H]C([2H])([2H])n1c2ccncc2c2c1[n+](C([2H])([2H])[2H])c1n2Cc2ccncc2-1. The van der Waals surface area contributed by atoms with E-state index in [2.05, 4.69) is 63.5 Å². The van der Waals surface area contributed by atoms with E-state index in [1.807, 2.05) is 117 Å². The Morgan fingerprint density at radius 3 is 1.24 bits per heavy atom. The zero-order valence-corrected chi connectivity index (χ0v) is 57.7. The standard InChI is InChI=1S/C21H16N5.2C16H14N5.C15H11N4O.C15H11N4S/c1-24-20-16-11-22-9-7-14(16)13-25(20)19-17-12-23-10-8-18(17)26(21(19)24)15-5-3-2-4-6-15;2*1-19-13-4-6-18-8-12(13)14-16(19)20(2)15-11-7-17-5-3-10(11)9-21(14)15;2*1-18-14-10-6-16-4-2-9(10)8-19(14)13-11-7-17-5-3-12(11)20-15(13)18/h2-12H,13H2,1H3;2*3-8H,9H2,1-2H3;2*2-7H,8H2,1H3/q5*+1/i1D3;1D3,2D3;2D3;2*1D3. The van der Waals surface area contributed by atoms with Gasteiger partial charge in [0, 0.05) is 163 Å². The predicted octanol–water partition coefficient (Wildman–Crippen LogP) is 11.3. The van der Waals surface area contributed by atoms with E-state index in [9.17, 15) is 0 Å². The lowest BCUT2D eigenvalue weighted by Crippen LogP contribution is -2.31. The zero-order chi connectivity index (χ0) is 87.1. The third-order valence-corrected chi connectivity index (χ3v) is 22.6. The van der Waals surface area contributed by atoms with Crippen molar-refractivity contribution in [3.05, 3.63) is 243 Å². The summed E-state index contributed by atoms with van der Waals surface area (Å²) in [6, 6.07) is 28.6. The summed E-state index contributed by atoms with van der Waals surface area (Å²) in [5, 5.41) is 4.30. The van der Waals surface area contributed by atoms with E-state index in [1.165, 1.54) is 35.8 Å². The Morgan fingerprint density at radius 1 is 0.352 bits per heavy atom. The Hall–Kier alpha value is -13.8. The van der Waals surface area contributed by atoms with Gasteiger partial charge in [-0.05, 0) is 66.7 Å². The number of benzene rings is 1. The minimum atomic E-state index is -2.57. The molecule has 0 bridgehead atoms. The van der Waals surface area contributed by atoms with Crippen LogP contribution in [-0.2, 0) is 81.6 Å². The summed E-state index contributed by atoms with van der Waals surface area (Å²) in [7, 11) is 1.90. The molecule has 0 radical (unpaired) electrons. The number of imidazole rings is 5. The van der Waals surface area contributed by atoms with Crippen LogP contribution in [0.1, 0.15) is 52.5 Å². The van der Waals surface area contributed by atoms with Crippen molar-refractivity contribution in [2.75, 3.05) is 0 Å². The van der Waals surface area contributed by atoms with Gasteiger partial charge < -0.3 is 4.42 Å². The Kier molecular flexibility index (Phi) is 9.86. The van der Waals surface area contributed by atoms with Crippen LogP contribution < -0.4 is 22.8 Å². The number of nitrogens with zero attached hydrogens (tertiary/aromatic N) is 23. The molecular weight excluding hydrogens is 1370 g/mol. The van der Waals surface area contributed by atoms with Crippen LogP contribution >= 0.6 is 11.3 Å². The Bertz CT molecular complexity index is 7990. The van der Waals surface area contributed by atoms with E-state index in [-0.39, 0.29) is 5.65 Å². The van der Waals surface area contributed by atoms with E-state index in [0.29, 0.717) is 106 Å². The molecule has 5 aliphatic rings.